The zero-order valence-corrected chi connectivity index (χ0v) is 16.1. The molecule has 6 heteroatoms. The van der Waals surface area contributed by atoms with Gasteiger partial charge in [-0.25, -0.2) is 4.39 Å². The van der Waals surface area contributed by atoms with Crippen LogP contribution in [0.5, 0.6) is 0 Å². The molecule has 1 aromatic carbocycles. The van der Waals surface area contributed by atoms with Crippen molar-refractivity contribution in [2.45, 2.75) is 57.5 Å². The predicted molar refractivity (Wildman–Crippen MR) is 98.6 cm³/mol. The Morgan fingerprint density at radius 2 is 2.08 bits per heavy atom. The molecule has 1 atom stereocenters. The van der Waals surface area contributed by atoms with Gasteiger partial charge in [-0.2, -0.15) is 5.10 Å². The maximum absolute atomic E-state index is 14.0. The van der Waals surface area contributed by atoms with Gasteiger partial charge in [0.05, 0.1) is 22.8 Å². The van der Waals surface area contributed by atoms with Crippen molar-refractivity contribution in [2.24, 2.45) is 0 Å². The minimum absolute atomic E-state index is 0.141. The first-order valence-corrected chi connectivity index (χ1v) is 9.47. The number of benzene rings is 1. The van der Waals surface area contributed by atoms with Crippen LogP contribution in [0.4, 0.5) is 4.39 Å². The number of halogens is 1. The summed E-state index contributed by atoms with van der Waals surface area (Å²) in [4.78, 5) is 13.6. The molecule has 134 valence electrons. The van der Waals surface area contributed by atoms with E-state index >= 15 is 0 Å². The molecular weight excluding hydrogens is 337 g/mol. The number of hydrogen-bond donors (Lipinski definition) is 1. The van der Waals surface area contributed by atoms with E-state index in [0.717, 1.165) is 29.1 Å². The Bertz CT molecular complexity index is 823. The number of amides is 1. The minimum Gasteiger partial charge on any atom is -0.345 e. The molecule has 0 unspecified atom stereocenters. The fourth-order valence-electron chi connectivity index (χ4n) is 3.39. The smallest absolute Gasteiger partial charge is 0.255 e. The van der Waals surface area contributed by atoms with Crippen LogP contribution in [0.2, 0.25) is 0 Å². The molecule has 4 nitrogen and oxygen atoms in total. The standard InChI is InChI=1S/C19H24FN3OS/c1-11-16(12(2)23(22-11)19(3,4)5)18(24)21-15-9-10-25-17-13(15)7-6-8-14(17)20/h6-8,15H,9-10H2,1-5H3,(H,21,24)/t15-/m0/s1. The van der Waals surface area contributed by atoms with Crippen molar-refractivity contribution in [3.63, 3.8) is 0 Å². The highest BCUT2D eigenvalue weighted by Crippen LogP contribution is 2.38. The summed E-state index contributed by atoms with van der Waals surface area (Å²) in [5, 5.41) is 7.64. The van der Waals surface area contributed by atoms with Crippen LogP contribution in [0.25, 0.3) is 0 Å². The predicted octanol–water partition coefficient (Wildman–Crippen LogP) is 4.36. The molecule has 1 aromatic heterocycles. The van der Waals surface area contributed by atoms with Gasteiger partial charge in [0.15, 0.2) is 0 Å². The molecule has 2 heterocycles. The van der Waals surface area contributed by atoms with Crippen LogP contribution in [0.3, 0.4) is 0 Å². The summed E-state index contributed by atoms with van der Waals surface area (Å²) >= 11 is 1.51. The van der Waals surface area contributed by atoms with E-state index in [1.165, 1.54) is 17.8 Å². The maximum Gasteiger partial charge on any atom is 0.255 e. The van der Waals surface area contributed by atoms with Crippen molar-refractivity contribution in [3.8, 4) is 0 Å². The minimum atomic E-state index is -0.214. The van der Waals surface area contributed by atoms with Crippen LogP contribution in [0.1, 0.15) is 60.5 Å². The van der Waals surface area contributed by atoms with Gasteiger partial charge in [0, 0.05) is 16.3 Å². The Hall–Kier alpha value is -1.82. The van der Waals surface area contributed by atoms with Crippen molar-refractivity contribution in [2.75, 3.05) is 5.75 Å². The molecule has 25 heavy (non-hydrogen) atoms. The molecule has 0 saturated heterocycles. The topological polar surface area (TPSA) is 46.9 Å². The largest absolute Gasteiger partial charge is 0.345 e. The number of thioether (sulfide) groups is 1. The molecule has 0 saturated carbocycles. The lowest BCUT2D eigenvalue weighted by Gasteiger charge is -2.26. The second kappa shape index (κ2) is 6.48. The molecule has 0 aliphatic carbocycles. The van der Waals surface area contributed by atoms with Gasteiger partial charge in [0.1, 0.15) is 5.82 Å². The van der Waals surface area contributed by atoms with Crippen LogP contribution in [0, 0.1) is 19.7 Å². The van der Waals surface area contributed by atoms with Gasteiger partial charge in [0.2, 0.25) is 0 Å². The van der Waals surface area contributed by atoms with Gasteiger partial charge >= 0.3 is 0 Å². The van der Waals surface area contributed by atoms with Gasteiger partial charge in [-0.3, -0.25) is 9.48 Å². The van der Waals surface area contributed by atoms with Gasteiger partial charge in [-0.05, 0) is 52.7 Å². The Morgan fingerprint density at radius 1 is 1.36 bits per heavy atom. The summed E-state index contributed by atoms with van der Waals surface area (Å²) in [6.07, 6.45) is 0.790. The zero-order valence-electron chi connectivity index (χ0n) is 15.3. The molecule has 0 spiro atoms. The quantitative estimate of drug-likeness (QED) is 0.864. The van der Waals surface area contributed by atoms with Crippen molar-refractivity contribution in [1.82, 2.24) is 15.1 Å². The number of aryl methyl sites for hydroxylation is 1. The zero-order chi connectivity index (χ0) is 18.4. The number of carbonyl (C=O) groups is 1. The third-order valence-electron chi connectivity index (χ3n) is 4.48. The third-order valence-corrected chi connectivity index (χ3v) is 5.64. The van der Waals surface area contributed by atoms with Crippen LogP contribution >= 0.6 is 11.8 Å². The molecule has 1 N–H and O–H groups in total. The lowest BCUT2D eigenvalue weighted by atomic mass is 10.0. The second-order valence-corrected chi connectivity index (χ2v) is 8.55. The molecule has 1 aliphatic rings. The number of nitrogens with one attached hydrogen (secondary N) is 1. The normalized spacial score (nSPS) is 17.3. The fraction of sp³-hybridized carbons (Fsp3) is 0.474. The Balaban J connectivity index is 1.90. The van der Waals surface area contributed by atoms with Crippen LogP contribution < -0.4 is 5.32 Å². The van der Waals surface area contributed by atoms with Crippen LogP contribution in [0.15, 0.2) is 23.1 Å². The van der Waals surface area contributed by atoms with Crippen LogP contribution in [-0.4, -0.2) is 21.4 Å². The summed E-state index contributed by atoms with van der Waals surface area (Å²) in [7, 11) is 0. The summed E-state index contributed by atoms with van der Waals surface area (Å²) in [5.74, 6) is 0.435. The Morgan fingerprint density at radius 3 is 2.72 bits per heavy atom. The first kappa shape index (κ1) is 18.0. The molecule has 0 bridgehead atoms. The van der Waals surface area contributed by atoms with Gasteiger partial charge in [0.25, 0.3) is 5.91 Å². The molecule has 2 aromatic rings. The highest BCUT2D eigenvalue weighted by Gasteiger charge is 2.28. The monoisotopic (exact) mass is 361 g/mol. The van der Waals surface area contributed by atoms with E-state index in [-0.39, 0.29) is 23.3 Å². The first-order chi connectivity index (χ1) is 11.7. The summed E-state index contributed by atoms with van der Waals surface area (Å²) in [6, 6.07) is 4.90. The van der Waals surface area contributed by atoms with E-state index in [9.17, 15) is 9.18 Å². The van der Waals surface area contributed by atoms with Crippen molar-refractivity contribution < 1.29 is 9.18 Å². The lowest BCUT2D eigenvalue weighted by molar-refractivity contribution is 0.0933. The van der Waals surface area contributed by atoms with E-state index in [1.54, 1.807) is 6.07 Å². The highest BCUT2D eigenvalue weighted by molar-refractivity contribution is 7.99. The lowest BCUT2D eigenvalue weighted by Crippen LogP contribution is -2.32. The molecular formula is C19H24FN3OS. The molecule has 1 aliphatic heterocycles. The summed E-state index contributed by atoms with van der Waals surface area (Å²) in [6.45, 7) is 9.96. The van der Waals surface area contributed by atoms with E-state index < -0.39 is 0 Å². The fourth-order valence-corrected chi connectivity index (χ4v) is 4.53. The molecule has 3 rings (SSSR count). The maximum atomic E-state index is 14.0. The average Bonchev–Trinajstić information content (AvgIpc) is 2.83. The van der Waals surface area contributed by atoms with Gasteiger partial charge in [-0.1, -0.05) is 12.1 Å². The van der Waals surface area contributed by atoms with Crippen molar-refractivity contribution in [1.29, 1.82) is 0 Å². The van der Waals surface area contributed by atoms with E-state index in [0.29, 0.717) is 10.5 Å². The number of hydrogen-bond acceptors (Lipinski definition) is 3. The van der Waals surface area contributed by atoms with Gasteiger partial charge < -0.3 is 5.32 Å². The number of rotatable bonds is 2. The number of fused-ring (bicyclic) bond motifs is 1. The molecule has 1 amide bonds. The molecule has 0 fully saturated rings. The van der Waals surface area contributed by atoms with E-state index in [4.69, 9.17) is 0 Å². The van der Waals surface area contributed by atoms with Gasteiger partial charge in [-0.15, -0.1) is 11.8 Å². The summed E-state index contributed by atoms with van der Waals surface area (Å²) in [5.41, 5.74) is 2.86. The average molecular weight is 361 g/mol. The Labute approximate surface area is 152 Å². The second-order valence-electron chi connectivity index (χ2n) is 7.45. The number of aromatic nitrogens is 2. The number of carbonyl (C=O) groups excluding carboxylic acids is 1. The van der Waals surface area contributed by atoms with Crippen molar-refractivity contribution >= 4 is 17.7 Å². The van der Waals surface area contributed by atoms with Crippen molar-refractivity contribution in [3.05, 3.63) is 46.5 Å². The van der Waals surface area contributed by atoms with E-state index in [2.05, 4.69) is 31.2 Å². The molecule has 0 radical (unpaired) electrons. The highest BCUT2D eigenvalue weighted by atomic mass is 32.2. The number of nitrogens with zero attached hydrogens (tertiary/aromatic N) is 2. The van der Waals surface area contributed by atoms with E-state index in [1.807, 2.05) is 24.6 Å². The first-order valence-electron chi connectivity index (χ1n) is 8.49. The summed E-state index contributed by atoms with van der Waals surface area (Å²) < 4.78 is 15.9. The third kappa shape index (κ3) is 3.32. The Kier molecular flexibility index (Phi) is 4.66. The van der Waals surface area contributed by atoms with Crippen LogP contribution in [-0.2, 0) is 5.54 Å². The SMILES string of the molecule is Cc1nn(C(C)(C)C)c(C)c1C(=O)N[C@H]1CCSc2c(F)cccc21.